The smallest absolute Gasteiger partial charge is 0.220 e. The molecule has 2 aliphatic rings. The Hall–Kier alpha value is -0.610. The number of nitrogens with one attached hydrogen (secondary N) is 2. The van der Waals surface area contributed by atoms with Crippen molar-refractivity contribution in [2.75, 3.05) is 20.2 Å². The predicted molar refractivity (Wildman–Crippen MR) is 57.6 cm³/mol. The van der Waals surface area contributed by atoms with Crippen molar-refractivity contribution in [1.29, 1.82) is 0 Å². The van der Waals surface area contributed by atoms with Crippen LogP contribution >= 0.6 is 0 Å². The summed E-state index contributed by atoms with van der Waals surface area (Å²) < 4.78 is 5.17. The van der Waals surface area contributed by atoms with Crippen molar-refractivity contribution >= 4 is 5.91 Å². The van der Waals surface area contributed by atoms with Crippen molar-refractivity contribution < 1.29 is 9.53 Å². The van der Waals surface area contributed by atoms with Gasteiger partial charge in [-0.2, -0.15) is 0 Å². The highest BCUT2D eigenvalue weighted by molar-refractivity contribution is 5.76. The maximum Gasteiger partial charge on any atom is 0.220 e. The quantitative estimate of drug-likeness (QED) is 0.704. The average molecular weight is 212 g/mol. The molecule has 4 heteroatoms. The van der Waals surface area contributed by atoms with E-state index < -0.39 is 0 Å². The van der Waals surface area contributed by atoms with Gasteiger partial charge in [0.05, 0.1) is 6.10 Å². The van der Waals surface area contributed by atoms with Crippen LogP contribution in [0.15, 0.2) is 0 Å². The van der Waals surface area contributed by atoms with Crippen LogP contribution < -0.4 is 10.6 Å². The van der Waals surface area contributed by atoms with E-state index >= 15 is 0 Å². The van der Waals surface area contributed by atoms with Crippen molar-refractivity contribution in [3.05, 3.63) is 0 Å². The van der Waals surface area contributed by atoms with Crippen LogP contribution in [0.25, 0.3) is 0 Å². The van der Waals surface area contributed by atoms with Crippen molar-refractivity contribution in [3.63, 3.8) is 0 Å². The molecule has 1 aliphatic carbocycles. The second-order valence-corrected chi connectivity index (χ2v) is 4.66. The normalized spacial score (nSPS) is 34.9. The lowest BCUT2D eigenvalue weighted by atomic mass is 9.89. The molecular weight excluding hydrogens is 192 g/mol. The van der Waals surface area contributed by atoms with Crippen molar-refractivity contribution in [2.24, 2.45) is 5.92 Å². The Morgan fingerprint density at radius 1 is 1.53 bits per heavy atom. The van der Waals surface area contributed by atoms with Gasteiger partial charge in [0.2, 0.25) is 5.91 Å². The zero-order chi connectivity index (χ0) is 10.7. The topological polar surface area (TPSA) is 50.4 Å². The molecule has 0 aromatic rings. The van der Waals surface area contributed by atoms with Gasteiger partial charge in [-0.25, -0.2) is 0 Å². The molecule has 1 saturated carbocycles. The first-order valence-corrected chi connectivity index (χ1v) is 5.81. The molecule has 2 fully saturated rings. The monoisotopic (exact) mass is 212 g/mol. The maximum absolute atomic E-state index is 11.6. The molecule has 4 nitrogen and oxygen atoms in total. The van der Waals surface area contributed by atoms with Crippen LogP contribution in [-0.2, 0) is 9.53 Å². The van der Waals surface area contributed by atoms with E-state index in [-0.39, 0.29) is 5.91 Å². The number of carbonyl (C=O) groups excluding carboxylic acids is 1. The van der Waals surface area contributed by atoms with Gasteiger partial charge in [-0.15, -0.1) is 0 Å². The van der Waals surface area contributed by atoms with E-state index in [1.807, 2.05) is 0 Å². The number of amides is 1. The first-order valence-electron chi connectivity index (χ1n) is 5.81. The molecular formula is C11H20N2O2. The summed E-state index contributed by atoms with van der Waals surface area (Å²) in [6.07, 6.45) is 4.14. The second-order valence-electron chi connectivity index (χ2n) is 4.66. The number of ether oxygens (including phenoxy) is 1. The Kier molecular flexibility index (Phi) is 3.59. The third-order valence-electron chi connectivity index (χ3n) is 3.43. The van der Waals surface area contributed by atoms with Gasteiger partial charge in [0, 0.05) is 19.6 Å². The minimum Gasteiger partial charge on any atom is -0.381 e. The van der Waals surface area contributed by atoms with Crippen LogP contribution in [0.2, 0.25) is 0 Å². The minimum atomic E-state index is 0.211. The Bertz CT molecular complexity index is 221. The van der Waals surface area contributed by atoms with Gasteiger partial charge < -0.3 is 15.4 Å². The number of rotatable bonds is 4. The molecule has 2 N–H and O–H groups in total. The average Bonchev–Trinajstić information content (AvgIpc) is 2.63. The highest BCUT2D eigenvalue weighted by Crippen LogP contribution is 2.23. The fourth-order valence-electron chi connectivity index (χ4n) is 2.31. The molecule has 1 amide bonds. The molecule has 0 radical (unpaired) electrons. The van der Waals surface area contributed by atoms with Gasteiger partial charge in [0.25, 0.3) is 0 Å². The first-order chi connectivity index (χ1) is 7.28. The fourth-order valence-corrected chi connectivity index (χ4v) is 2.31. The molecule has 1 atom stereocenters. The molecule has 0 aromatic carbocycles. The van der Waals surface area contributed by atoms with E-state index in [1.54, 1.807) is 7.11 Å². The van der Waals surface area contributed by atoms with Gasteiger partial charge in [0.15, 0.2) is 0 Å². The molecule has 2 rings (SSSR count). The minimum absolute atomic E-state index is 0.211. The molecule has 15 heavy (non-hydrogen) atoms. The predicted octanol–water partition coefficient (Wildman–Crippen LogP) is 0.280. The number of hydrogen-bond donors (Lipinski definition) is 2. The highest BCUT2D eigenvalue weighted by Gasteiger charge is 2.30. The number of hydrogen-bond acceptors (Lipinski definition) is 3. The SMILES string of the molecule is COC1CC(NC(=O)CC2CCNC2)C1. The van der Waals surface area contributed by atoms with Crippen LogP contribution in [0.4, 0.5) is 0 Å². The van der Waals surface area contributed by atoms with Crippen molar-refractivity contribution in [1.82, 2.24) is 10.6 Å². The van der Waals surface area contributed by atoms with E-state index in [1.165, 1.54) is 0 Å². The second kappa shape index (κ2) is 4.94. The Morgan fingerprint density at radius 3 is 2.93 bits per heavy atom. The molecule has 1 aliphatic heterocycles. The van der Waals surface area contributed by atoms with E-state index in [0.717, 1.165) is 32.4 Å². The number of carbonyl (C=O) groups is 1. The Balaban J connectivity index is 1.61. The van der Waals surface area contributed by atoms with Crippen LogP contribution in [0.3, 0.4) is 0 Å². The molecule has 1 unspecified atom stereocenters. The fraction of sp³-hybridized carbons (Fsp3) is 0.909. The van der Waals surface area contributed by atoms with Gasteiger partial charge in [0.1, 0.15) is 0 Å². The van der Waals surface area contributed by atoms with Gasteiger partial charge in [-0.3, -0.25) is 4.79 Å². The summed E-state index contributed by atoms with van der Waals surface area (Å²) in [4.78, 5) is 11.6. The molecule has 86 valence electrons. The van der Waals surface area contributed by atoms with Crippen LogP contribution in [-0.4, -0.2) is 38.3 Å². The third kappa shape index (κ3) is 2.92. The lowest BCUT2D eigenvalue weighted by Crippen LogP contribution is -2.47. The molecule has 1 saturated heterocycles. The summed E-state index contributed by atoms with van der Waals surface area (Å²) in [6, 6.07) is 0.358. The summed E-state index contributed by atoms with van der Waals surface area (Å²) in [5.41, 5.74) is 0. The van der Waals surface area contributed by atoms with E-state index in [2.05, 4.69) is 10.6 Å². The van der Waals surface area contributed by atoms with E-state index in [4.69, 9.17) is 4.74 Å². The Labute approximate surface area is 90.8 Å². The van der Waals surface area contributed by atoms with Crippen LogP contribution in [0.5, 0.6) is 0 Å². The summed E-state index contributed by atoms with van der Waals surface area (Å²) >= 11 is 0. The highest BCUT2D eigenvalue weighted by atomic mass is 16.5. The zero-order valence-electron chi connectivity index (χ0n) is 9.29. The van der Waals surface area contributed by atoms with E-state index in [0.29, 0.717) is 24.5 Å². The van der Waals surface area contributed by atoms with Crippen molar-refractivity contribution in [3.8, 4) is 0 Å². The Morgan fingerprint density at radius 2 is 2.33 bits per heavy atom. The van der Waals surface area contributed by atoms with Gasteiger partial charge in [-0.1, -0.05) is 0 Å². The van der Waals surface area contributed by atoms with Gasteiger partial charge in [-0.05, 0) is 38.3 Å². The summed E-state index contributed by atoms with van der Waals surface area (Å²) in [5, 5.41) is 6.34. The summed E-state index contributed by atoms with van der Waals surface area (Å²) in [7, 11) is 1.73. The maximum atomic E-state index is 11.6. The first kappa shape index (κ1) is 10.9. The summed E-state index contributed by atoms with van der Waals surface area (Å²) in [6.45, 7) is 2.06. The van der Waals surface area contributed by atoms with Crippen molar-refractivity contribution in [2.45, 2.75) is 37.8 Å². The molecule has 1 heterocycles. The molecule has 0 bridgehead atoms. The lowest BCUT2D eigenvalue weighted by molar-refractivity contribution is -0.124. The summed E-state index contributed by atoms with van der Waals surface area (Å²) in [5.74, 6) is 0.756. The zero-order valence-corrected chi connectivity index (χ0v) is 9.29. The van der Waals surface area contributed by atoms with Crippen LogP contribution in [0.1, 0.15) is 25.7 Å². The largest absolute Gasteiger partial charge is 0.381 e. The lowest BCUT2D eigenvalue weighted by Gasteiger charge is -2.34. The third-order valence-corrected chi connectivity index (χ3v) is 3.43. The van der Waals surface area contributed by atoms with E-state index in [9.17, 15) is 4.79 Å². The number of methoxy groups -OCH3 is 1. The van der Waals surface area contributed by atoms with Gasteiger partial charge >= 0.3 is 0 Å². The molecule has 0 spiro atoms. The molecule has 0 aromatic heterocycles. The standard InChI is InChI=1S/C11H20N2O2/c1-15-10-5-9(6-10)13-11(14)4-8-2-3-12-7-8/h8-10,12H,2-7H2,1H3,(H,13,14). The van der Waals surface area contributed by atoms with Crippen LogP contribution in [0, 0.1) is 5.92 Å².